The van der Waals surface area contributed by atoms with Crippen LogP contribution >= 0.6 is 0 Å². The Hall–Kier alpha value is -2.66. The molecule has 26 heavy (non-hydrogen) atoms. The largest absolute Gasteiger partial charge is 0.465 e. The number of likely N-dealkylation sites (tertiary alicyclic amines) is 1. The van der Waals surface area contributed by atoms with Crippen LogP contribution in [0.4, 0.5) is 0 Å². The second kappa shape index (κ2) is 8.63. The van der Waals surface area contributed by atoms with E-state index < -0.39 is 5.97 Å². The van der Waals surface area contributed by atoms with E-state index in [1.807, 2.05) is 0 Å². The highest BCUT2D eigenvalue weighted by Gasteiger charge is 2.15. The molecule has 1 aliphatic rings. The number of amides is 1. The molecular formula is C21H25N2O3+. The molecule has 1 amide bonds. The highest BCUT2D eigenvalue weighted by atomic mass is 16.5. The molecule has 136 valence electrons. The van der Waals surface area contributed by atoms with Crippen molar-refractivity contribution in [1.82, 2.24) is 5.32 Å². The summed E-state index contributed by atoms with van der Waals surface area (Å²) < 4.78 is 4.65. The van der Waals surface area contributed by atoms with Gasteiger partial charge < -0.3 is 15.0 Å². The Morgan fingerprint density at radius 2 is 1.50 bits per heavy atom. The van der Waals surface area contributed by atoms with E-state index in [-0.39, 0.29) is 5.91 Å². The highest BCUT2D eigenvalue weighted by Crippen LogP contribution is 2.07. The fourth-order valence-corrected chi connectivity index (χ4v) is 3.28. The lowest BCUT2D eigenvalue weighted by molar-refractivity contribution is -0.901. The first-order valence-corrected chi connectivity index (χ1v) is 9.03. The zero-order chi connectivity index (χ0) is 18.4. The summed E-state index contributed by atoms with van der Waals surface area (Å²) in [7, 11) is 1.33. The van der Waals surface area contributed by atoms with E-state index in [1.165, 1.54) is 38.6 Å². The first kappa shape index (κ1) is 18.1. The summed E-state index contributed by atoms with van der Waals surface area (Å²) >= 11 is 0. The molecule has 2 N–H and O–H groups in total. The van der Waals surface area contributed by atoms with E-state index in [0.717, 1.165) is 12.1 Å². The maximum Gasteiger partial charge on any atom is 0.337 e. The number of benzene rings is 2. The molecule has 0 aromatic heterocycles. The average molecular weight is 353 g/mol. The Labute approximate surface area is 154 Å². The topological polar surface area (TPSA) is 59.8 Å². The van der Waals surface area contributed by atoms with Crippen LogP contribution in [0.25, 0.3) is 0 Å². The van der Waals surface area contributed by atoms with Gasteiger partial charge in [-0.15, -0.1) is 0 Å². The van der Waals surface area contributed by atoms with Gasteiger partial charge in [0, 0.05) is 30.5 Å². The molecular weight excluding hydrogens is 328 g/mol. The van der Waals surface area contributed by atoms with Gasteiger partial charge in [-0.2, -0.15) is 0 Å². The molecule has 0 saturated carbocycles. The van der Waals surface area contributed by atoms with Gasteiger partial charge in [0.05, 0.1) is 25.8 Å². The Bertz CT molecular complexity index is 748. The summed E-state index contributed by atoms with van der Waals surface area (Å²) in [4.78, 5) is 25.3. The molecule has 0 spiro atoms. The van der Waals surface area contributed by atoms with Gasteiger partial charge in [-0.3, -0.25) is 4.79 Å². The summed E-state index contributed by atoms with van der Waals surface area (Å²) in [5, 5.41) is 2.91. The molecule has 1 heterocycles. The highest BCUT2D eigenvalue weighted by molar-refractivity contribution is 5.96. The summed E-state index contributed by atoms with van der Waals surface area (Å²) in [5.74, 6) is -0.570. The summed E-state index contributed by atoms with van der Waals surface area (Å²) in [6.45, 7) is 4.10. The third kappa shape index (κ3) is 4.70. The van der Waals surface area contributed by atoms with Gasteiger partial charge in [0.2, 0.25) is 0 Å². The van der Waals surface area contributed by atoms with Gasteiger partial charge in [0.25, 0.3) is 5.91 Å². The maximum absolute atomic E-state index is 12.2. The average Bonchev–Trinajstić information content (AvgIpc) is 3.19. The predicted molar refractivity (Wildman–Crippen MR) is 99.0 cm³/mol. The van der Waals surface area contributed by atoms with Crippen LogP contribution in [0.3, 0.4) is 0 Å². The van der Waals surface area contributed by atoms with Crippen LogP contribution in [0, 0.1) is 0 Å². The lowest BCUT2D eigenvalue weighted by Gasteiger charge is -2.12. The first-order chi connectivity index (χ1) is 12.7. The minimum Gasteiger partial charge on any atom is -0.465 e. The number of quaternary nitrogens is 1. The molecule has 3 rings (SSSR count). The maximum atomic E-state index is 12.2. The number of nitrogens with one attached hydrogen (secondary N) is 2. The fraction of sp³-hybridized carbons (Fsp3) is 0.333. The smallest absolute Gasteiger partial charge is 0.337 e. The van der Waals surface area contributed by atoms with Crippen LogP contribution in [-0.4, -0.2) is 32.1 Å². The van der Waals surface area contributed by atoms with Crippen molar-refractivity contribution in [1.29, 1.82) is 0 Å². The van der Waals surface area contributed by atoms with E-state index in [2.05, 4.69) is 34.3 Å². The van der Waals surface area contributed by atoms with Crippen LogP contribution < -0.4 is 10.2 Å². The van der Waals surface area contributed by atoms with E-state index in [4.69, 9.17) is 0 Å². The summed E-state index contributed by atoms with van der Waals surface area (Å²) in [5.41, 5.74) is 3.37. The monoisotopic (exact) mass is 353 g/mol. The molecule has 0 unspecified atom stereocenters. The molecule has 0 radical (unpaired) electrons. The van der Waals surface area contributed by atoms with Crippen LogP contribution in [0.15, 0.2) is 48.5 Å². The molecule has 1 fully saturated rings. The summed E-state index contributed by atoms with van der Waals surface area (Å²) in [6.07, 6.45) is 2.67. The SMILES string of the molecule is COC(=O)c1ccc(C(=O)NCc2ccc(C[NH+]3CCCC3)cc2)cc1. The van der Waals surface area contributed by atoms with E-state index in [9.17, 15) is 9.59 Å². The van der Waals surface area contributed by atoms with E-state index >= 15 is 0 Å². The Morgan fingerprint density at radius 3 is 2.12 bits per heavy atom. The van der Waals surface area contributed by atoms with Gasteiger partial charge in [-0.25, -0.2) is 4.79 Å². The van der Waals surface area contributed by atoms with Gasteiger partial charge in [0.1, 0.15) is 6.54 Å². The second-order valence-corrected chi connectivity index (χ2v) is 6.70. The van der Waals surface area contributed by atoms with Gasteiger partial charge in [-0.1, -0.05) is 24.3 Å². The summed E-state index contributed by atoms with van der Waals surface area (Å²) in [6, 6.07) is 14.9. The fourth-order valence-electron chi connectivity index (χ4n) is 3.28. The minimum atomic E-state index is -0.409. The predicted octanol–water partition coefficient (Wildman–Crippen LogP) is 1.58. The molecule has 0 bridgehead atoms. The molecule has 0 aliphatic carbocycles. The third-order valence-corrected chi connectivity index (χ3v) is 4.81. The lowest BCUT2D eigenvalue weighted by Crippen LogP contribution is -3.08. The van der Waals surface area contributed by atoms with Crippen LogP contribution in [0.2, 0.25) is 0 Å². The Morgan fingerprint density at radius 1 is 0.923 bits per heavy atom. The number of hydrogen-bond donors (Lipinski definition) is 2. The Balaban J connectivity index is 1.51. The van der Waals surface area contributed by atoms with Crippen molar-refractivity contribution in [2.75, 3.05) is 20.2 Å². The van der Waals surface area contributed by atoms with Crippen LogP contribution in [-0.2, 0) is 17.8 Å². The van der Waals surface area contributed by atoms with Crippen molar-refractivity contribution in [2.45, 2.75) is 25.9 Å². The molecule has 2 aromatic rings. The Kier molecular flexibility index (Phi) is 6.02. The number of carbonyl (C=O) groups excluding carboxylic acids is 2. The van der Waals surface area contributed by atoms with Crippen molar-refractivity contribution >= 4 is 11.9 Å². The number of methoxy groups -OCH3 is 1. The first-order valence-electron chi connectivity index (χ1n) is 9.03. The molecule has 5 heteroatoms. The van der Waals surface area contributed by atoms with E-state index in [0.29, 0.717) is 17.7 Å². The number of hydrogen-bond acceptors (Lipinski definition) is 3. The number of esters is 1. The zero-order valence-electron chi connectivity index (χ0n) is 15.1. The standard InChI is InChI=1S/C21H24N2O3/c1-26-21(25)19-10-8-18(9-11-19)20(24)22-14-16-4-6-17(7-5-16)15-23-12-2-3-13-23/h4-11H,2-3,12-15H2,1H3,(H,22,24)/p+1. The quantitative estimate of drug-likeness (QED) is 0.776. The lowest BCUT2D eigenvalue weighted by atomic mass is 10.1. The molecule has 1 aliphatic heterocycles. The third-order valence-electron chi connectivity index (χ3n) is 4.81. The molecule has 2 aromatic carbocycles. The molecule has 0 atom stereocenters. The van der Waals surface area contributed by atoms with E-state index in [1.54, 1.807) is 29.2 Å². The van der Waals surface area contributed by atoms with Crippen LogP contribution in [0.5, 0.6) is 0 Å². The van der Waals surface area contributed by atoms with Crippen molar-refractivity contribution < 1.29 is 19.2 Å². The van der Waals surface area contributed by atoms with Crippen molar-refractivity contribution in [3.05, 3.63) is 70.8 Å². The van der Waals surface area contributed by atoms with Crippen molar-refractivity contribution in [2.24, 2.45) is 0 Å². The van der Waals surface area contributed by atoms with Crippen molar-refractivity contribution in [3.8, 4) is 0 Å². The van der Waals surface area contributed by atoms with Crippen LogP contribution in [0.1, 0.15) is 44.7 Å². The molecule has 1 saturated heterocycles. The second-order valence-electron chi connectivity index (χ2n) is 6.70. The number of ether oxygens (including phenoxy) is 1. The molecule has 5 nitrogen and oxygen atoms in total. The van der Waals surface area contributed by atoms with Crippen molar-refractivity contribution in [3.63, 3.8) is 0 Å². The number of rotatable bonds is 6. The normalized spacial score (nSPS) is 14.2. The van der Waals surface area contributed by atoms with Gasteiger partial charge >= 0.3 is 5.97 Å². The number of carbonyl (C=O) groups is 2. The van der Waals surface area contributed by atoms with Gasteiger partial charge in [-0.05, 0) is 29.8 Å². The zero-order valence-corrected chi connectivity index (χ0v) is 15.1. The van der Waals surface area contributed by atoms with Gasteiger partial charge in [0.15, 0.2) is 0 Å². The minimum absolute atomic E-state index is 0.160.